The van der Waals surface area contributed by atoms with Gasteiger partial charge >= 0.3 is 0 Å². The van der Waals surface area contributed by atoms with E-state index >= 15 is 0 Å². The zero-order valence-electron chi connectivity index (χ0n) is 15.4. The molecule has 0 aliphatic carbocycles. The number of pyridine rings is 1. The second-order valence-electron chi connectivity index (χ2n) is 6.65. The zero-order valence-corrected chi connectivity index (χ0v) is 15.4. The van der Waals surface area contributed by atoms with Crippen molar-refractivity contribution < 1.29 is 9.53 Å². The third-order valence-electron chi connectivity index (χ3n) is 4.83. The average molecular weight is 365 g/mol. The molecule has 1 amide bonds. The molecule has 7 nitrogen and oxygen atoms in total. The number of morpholine rings is 1. The molecule has 0 saturated carbocycles. The number of carbonyl (C=O) groups is 1. The summed E-state index contributed by atoms with van der Waals surface area (Å²) in [6.07, 6.45) is 4.57. The number of amides is 1. The maximum atomic E-state index is 12.5. The molecule has 1 aromatic carbocycles. The van der Waals surface area contributed by atoms with Crippen molar-refractivity contribution in [1.82, 2.24) is 14.8 Å². The average Bonchev–Trinajstić information content (AvgIpc) is 3.03. The van der Waals surface area contributed by atoms with Crippen LogP contribution in [0.4, 0.5) is 11.5 Å². The molecule has 140 valence electrons. The molecule has 0 unspecified atom stereocenters. The van der Waals surface area contributed by atoms with Crippen LogP contribution in [-0.4, -0.2) is 47.0 Å². The smallest absolute Gasteiger partial charge is 0.225 e. The van der Waals surface area contributed by atoms with Crippen LogP contribution in [0.25, 0.3) is 10.9 Å². The molecule has 1 aliphatic heterocycles. The first-order valence-electron chi connectivity index (χ1n) is 9.19. The van der Waals surface area contributed by atoms with Crippen molar-refractivity contribution in [2.45, 2.75) is 12.8 Å². The predicted octanol–water partition coefficient (Wildman–Crippen LogP) is 2.38. The van der Waals surface area contributed by atoms with E-state index in [1.165, 1.54) is 0 Å². The molecule has 4 rings (SSSR count). The van der Waals surface area contributed by atoms with E-state index in [4.69, 9.17) is 4.74 Å². The first-order valence-corrected chi connectivity index (χ1v) is 9.19. The van der Waals surface area contributed by atoms with Crippen LogP contribution in [0.5, 0.6) is 0 Å². The Hall–Kier alpha value is -2.93. The summed E-state index contributed by atoms with van der Waals surface area (Å²) in [6.45, 7) is 3.09. The number of hydrogen-bond acceptors (Lipinski definition) is 5. The number of anilines is 2. The van der Waals surface area contributed by atoms with Gasteiger partial charge < -0.3 is 15.0 Å². The number of ether oxygens (including phenoxy) is 1. The van der Waals surface area contributed by atoms with Crippen LogP contribution in [0.3, 0.4) is 0 Å². The van der Waals surface area contributed by atoms with Gasteiger partial charge in [0.2, 0.25) is 5.91 Å². The fourth-order valence-electron chi connectivity index (χ4n) is 3.45. The van der Waals surface area contributed by atoms with Crippen molar-refractivity contribution in [2.75, 3.05) is 36.5 Å². The van der Waals surface area contributed by atoms with Crippen LogP contribution < -0.4 is 10.2 Å². The number of fused-ring (bicyclic) bond motifs is 1. The molecule has 0 radical (unpaired) electrons. The molecule has 1 saturated heterocycles. The lowest BCUT2D eigenvalue weighted by Gasteiger charge is -2.29. The Labute approximate surface area is 157 Å². The third kappa shape index (κ3) is 3.78. The molecular weight excluding hydrogens is 342 g/mol. The van der Waals surface area contributed by atoms with Gasteiger partial charge in [0.05, 0.1) is 29.8 Å². The van der Waals surface area contributed by atoms with Gasteiger partial charge in [0, 0.05) is 39.0 Å². The first kappa shape index (κ1) is 17.5. The maximum absolute atomic E-state index is 12.5. The summed E-state index contributed by atoms with van der Waals surface area (Å²) in [6, 6.07) is 10.0. The molecule has 0 spiro atoms. The van der Waals surface area contributed by atoms with Crippen molar-refractivity contribution in [2.24, 2.45) is 7.05 Å². The van der Waals surface area contributed by atoms with E-state index in [1.54, 1.807) is 12.4 Å². The van der Waals surface area contributed by atoms with E-state index in [9.17, 15) is 4.79 Å². The third-order valence-corrected chi connectivity index (χ3v) is 4.83. The van der Waals surface area contributed by atoms with E-state index in [1.807, 2.05) is 36.0 Å². The molecule has 0 atom stereocenters. The Balaban J connectivity index is 1.56. The summed E-state index contributed by atoms with van der Waals surface area (Å²) in [7, 11) is 1.90. The summed E-state index contributed by atoms with van der Waals surface area (Å²) >= 11 is 0. The predicted molar refractivity (Wildman–Crippen MR) is 105 cm³/mol. The Bertz CT molecular complexity index is 932. The number of rotatable bonds is 5. The lowest BCUT2D eigenvalue weighted by atomic mass is 10.1. The molecule has 3 aromatic rings. The minimum atomic E-state index is -0.0457. The molecule has 1 fully saturated rings. The largest absolute Gasteiger partial charge is 0.378 e. The molecule has 1 N–H and O–H groups in total. The minimum Gasteiger partial charge on any atom is -0.378 e. The van der Waals surface area contributed by atoms with Gasteiger partial charge in [-0.05, 0) is 30.2 Å². The molecule has 2 aromatic heterocycles. The normalized spacial score (nSPS) is 14.5. The Morgan fingerprint density at radius 2 is 2.07 bits per heavy atom. The fourth-order valence-corrected chi connectivity index (χ4v) is 3.45. The lowest BCUT2D eigenvalue weighted by Crippen LogP contribution is -2.36. The summed E-state index contributed by atoms with van der Waals surface area (Å²) in [5.74, 6) is 0.571. The van der Waals surface area contributed by atoms with Gasteiger partial charge in [0.15, 0.2) is 5.82 Å². The number of hydrogen-bond donors (Lipinski definition) is 1. The van der Waals surface area contributed by atoms with Crippen LogP contribution in [0.15, 0.2) is 42.7 Å². The number of carbonyl (C=O) groups excluding carboxylic acids is 1. The van der Waals surface area contributed by atoms with E-state index < -0.39 is 0 Å². The van der Waals surface area contributed by atoms with Crippen LogP contribution in [-0.2, 0) is 23.0 Å². The van der Waals surface area contributed by atoms with Gasteiger partial charge in [-0.2, -0.15) is 5.10 Å². The van der Waals surface area contributed by atoms with Crippen LogP contribution in [0.2, 0.25) is 0 Å². The topological polar surface area (TPSA) is 72.3 Å². The summed E-state index contributed by atoms with van der Waals surface area (Å²) in [5, 5.41) is 8.54. The van der Waals surface area contributed by atoms with Crippen molar-refractivity contribution in [3.05, 3.63) is 48.3 Å². The first-order chi connectivity index (χ1) is 13.2. The minimum absolute atomic E-state index is 0.0457. The Morgan fingerprint density at radius 3 is 2.85 bits per heavy atom. The SMILES string of the molecule is Cn1nc(NC(=O)CCc2cccnc2)c2c(N3CCOCC3)cccc21. The number of aryl methyl sites for hydroxylation is 2. The Morgan fingerprint density at radius 1 is 1.22 bits per heavy atom. The standard InChI is InChI=1S/C20H23N5O2/c1-24-16-5-2-6-17(25-10-12-27-13-11-25)19(16)20(23-24)22-18(26)8-7-15-4-3-9-21-14-15/h2-6,9,14H,7-8,10-13H2,1H3,(H,22,23,26). The van der Waals surface area contributed by atoms with Crippen molar-refractivity contribution >= 4 is 28.3 Å². The fraction of sp³-hybridized carbons (Fsp3) is 0.350. The highest BCUT2D eigenvalue weighted by molar-refractivity contribution is 6.06. The molecular formula is C20H23N5O2. The molecule has 0 bridgehead atoms. The van der Waals surface area contributed by atoms with E-state index in [-0.39, 0.29) is 5.91 Å². The van der Waals surface area contributed by atoms with Crippen LogP contribution in [0.1, 0.15) is 12.0 Å². The number of nitrogens with one attached hydrogen (secondary N) is 1. The van der Waals surface area contributed by atoms with Gasteiger partial charge in [-0.1, -0.05) is 12.1 Å². The van der Waals surface area contributed by atoms with Gasteiger partial charge in [-0.15, -0.1) is 0 Å². The molecule has 7 heteroatoms. The van der Waals surface area contributed by atoms with Gasteiger partial charge in [-0.25, -0.2) is 0 Å². The van der Waals surface area contributed by atoms with Crippen molar-refractivity contribution in [3.63, 3.8) is 0 Å². The van der Waals surface area contributed by atoms with Gasteiger partial charge in [0.1, 0.15) is 0 Å². The number of benzene rings is 1. The quantitative estimate of drug-likeness (QED) is 0.752. The van der Waals surface area contributed by atoms with Gasteiger partial charge in [0.25, 0.3) is 0 Å². The lowest BCUT2D eigenvalue weighted by molar-refractivity contribution is -0.116. The van der Waals surface area contributed by atoms with Crippen LogP contribution in [0, 0.1) is 0 Å². The van der Waals surface area contributed by atoms with Crippen LogP contribution >= 0.6 is 0 Å². The van der Waals surface area contributed by atoms with E-state index in [0.717, 1.165) is 35.2 Å². The molecule has 1 aliphatic rings. The highest BCUT2D eigenvalue weighted by atomic mass is 16.5. The zero-order chi connectivity index (χ0) is 18.6. The van der Waals surface area contributed by atoms with E-state index in [2.05, 4.69) is 26.4 Å². The van der Waals surface area contributed by atoms with Gasteiger partial charge in [-0.3, -0.25) is 14.5 Å². The summed E-state index contributed by atoms with van der Waals surface area (Å²) in [5.41, 5.74) is 3.14. The molecule has 3 heterocycles. The Kier molecular flexibility index (Phi) is 5.02. The monoisotopic (exact) mass is 365 g/mol. The highest BCUT2D eigenvalue weighted by Gasteiger charge is 2.20. The second-order valence-corrected chi connectivity index (χ2v) is 6.65. The van der Waals surface area contributed by atoms with Crippen molar-refractivity contribution in [1.29, 1.82) is 0 Å². The summed E-state index contributed by atoms with van der Waals surface area (Å²) in [4.78, 5) is 18.9. The number of aromatic nitrogens is 3. The highest BCUT2D eigenvalue weighted by Crippen LogP contribution is 2.33. The van der Waals surface area contributed by atoms with E-state index in [0.29, 0.717) is 31.9 Å². The summed E-state index contributed by atoms with van der Waals surface area (Å²) < 4.78 is 7.29. The maximum Gasteiger partial charge on any atom is 0.225 e. The second kappa shape index (κ2) is 7.75. The number of nitrogens with zero attached hydrogens (tertiary/aromatic N) is 4. The molecule has 27 heavy (non-hydrogen) atoms. The van der Waals surface area contributed by atoms with Crippen molar-refractivity contribution in [3.8, 4) is 0 Å².